The average molecular weight is 236 g/mol. The van der Waals surface area contributed by atoms with Gasteiger partial charge in [-0.15, -0.1) is 0 Å². The lowest BCUT2D eigenvalue weighted by atomic mass is 9.84. The molecule has 3 nitrogen and oxygen atoms in total. The molecule has 0 amide bonds. The molecule has 0 aromatic heterocycles. The Balaban J connectivity index is 2.90. The molecule has 1 rings (SSSR count). The monoisotopic (exact) mass is 236 g/mol. The van der Waals surface area contributed by atoms with Gasteiger partial charge >= 0.3 is 0 Å². The Morgan fingerprint density at radius 3 is 2.53 bits per heavy atom. The zero-order valence-electron chi connectivity index (χ0n) is 11.2. The topological polar surface area (TPSA) is 58.3 Å². The minimum atomic E-state index is 0.0823. The molecule has 0 saturated carbocycles. The molecule has 1 aromatic rings. The summed E-state index contributed by atoms with van der Waals surface area (Å²) in [5, 5.41) is 12.6. The fourth-order valence-electron chi connectivity index (χ4n) is 1.85. The van der Waals surface area contributed by atoms with Crippen molar-refractivity contribution in [1.29, 1.82) is 0 Å². The Hall–Kier alpha value is -1.22. The predicted octanol–water partition coefficient (Wildman–Crippen LogP) is 2.79. The van der Waals surface area contributed by atoms with Gasteiger partial charge in [0.25, 0.3) is 0 Å². The number of anilines is 2. The molecule has 0 bridgehead atoms. The van der Waals surface area contributed by atoms with Crippen molar-refractivity contribution in [3.8, 4) is 0 Å². The minimum absolute atomic E-state index is 0.0823. The lowest BCUT2D eigenvalue weighted by Crippen LogP contribution is -2.35. The van der Waals surface area contributed by atoms with Crippen molar-refractivity contribution in [1.82, 2.24) is 0 Å². The second kappa shape index (κ2) is 5.41. The summed E-state index contributed by atoms with van der Waals surface area (Å²) in [4.78, 5) is 0. The van der Waals surface area contributed by atoms with Crippen molar-refractivity contribution in [2.24, 2.45) is 5.41 Å². The van der Waals surface area contributed by atoms with Crippen LogP contribution in [0.4, 0.5) is 11.4 Å². The number of aliphatic hydroxyl groups excluding tert-OH is 1. The fraction of sp³-hybridized carbons (Fsp3) is 0.571. The Kier molecular flexibility index (Phi) is 4.40. The lowest BCUT2D eigenvalue weighted by molar-refractivity contribution is 0.235. The smallest absolute Gasteiger partial charge is 0.0579 e. The third kappa shape index (κ3) is 3.63. The van der Waals surface area contributed by atoms with E-state index in [9.17, 15) is 0 Å². The van der Waals surface area contributed by atoms with Gasteiger partial charge in [0, 0.05) is 12.6 Å². The van der Waals surface area contributed by atoms with Gasteiger partial charge in [-0.25, -0.2) is 0 Å². The average Bonchev–Trinajstić information content (AvgIpc) is 2.22. The highest BCUT2D eigenvalue weighted by Crippen LogP contribution is 2.29. The second-order valence-electron chi connectivity index (χ2n) is 5.61. The van der Waals surface area contributed by atoms with E-state index in [1.807, 2.05) is 25.1 Å². The molecule has 0 aliphatic carbocycles. The number of para-hydroxylation sites is 1. The quantitative estimate of drug-likeness (QED) is 0.705. The highest BCUT2D eigenvalue weighted by molar-refractivity contribution is 5.69. The Morgan fingerprint density at radius 1 is 1.35 bits per heavy atom. The summed E-state index contributed by atoms with van der Waals surface area (Å²) < 4.78 is 0. The van der Waals surface area contributed by atoms with Crippen molar-refractivity contribution >= 4 is 11.4 Å². The summed E-state index contributed by atoms with van der Waals surface area (Å²) in [7, 11) is 0. The SMILES string of the molecule is Cc1cccc(NC(CCO)C(C)(C)C)c1N. The maximum Gasteiger partial charge on any atom is 0.0579 e. The van der Waals surface area contributed by atoms with E-state index in [-0.39, 0.29) is 18.1 Å². The van der Waals surface area contributed by atoms with Crippen LogP contribution in [-0.2, 0) is 0 Å². The minimum Gasteiger partial charge on any atom is -0.397 e. The molecular formula is C14H24N2O. The second-order valence-corrected chi connectivity index (χ2v) is 5.61. The standard InChI is InChI=1S/C14H24N2O/c1-10-6-5-7-11(13(10)15)16-12(8-9-17)14(2,3)4/h5-7,12,16-17H,8-9,15H2,1-4H3. The third-order valence-corrected chi connectivity index (χ3v) is 3.12. The molecule has 0 aliphatic heterocycles. The van der Waals surface area contributed by atoms with Crippen LogP contribution in [0.1, 0.15) is 32.8 Å². The van der Waals surface area contributed by atoms with Crippen LogP contribution in [-0.4, -0.2) is 17.8 Å². The summed E-state index contributed by atoms with van der Waals surface area (Å²) in [6.07, 6.45) is 0.719. The van der Waals surface area contributed by atoms with Crippen molar-refractivity contribution in [3.63, 3.8) is 0 Å². The van der Waals surface area contributed by atoms with E-state index in [0.29, 0.717) is 0 Å². The van der Waals surface area contributed by atoms with E-state index < -0.39 is 0 Å². The highest BCUT2D eigenvalue weighted by atomic mass is 16.3. The summed E-state index contributed by atoms with van der Waals surface area (Å²) in [5.74, 6) is 0. The maximum atomic E-state index is 9.13. The molecule has 0 fully saturated rings. The molecule has 0 radical (unpaired) electrons. The fourth-order valence-corrected chi connectivity index (χ4v) is 1.85. The normalized spacial score (nSPS) is 13.5. The first kappa shape index (κ1) is 13.8. The number of rotatable bonds is 4. The van der Waals surface area contributed by atoms with Crippen molar-refractivity contribution in [3.05, 3.63) is 23.8 Å². The van der Waals surface area contributed by atoms with Crippen molar-refractivity contribution in [2.75, 3.05) is 17.7 Å². The van der Waals surface area contributed by atoms with Crippen LogP contribution < -0.4 is 11.1 Å². The summed E-state index contributed by atoms with van der Waals surface area (Å²) in [5.41, 5.74) is 8.95. The van der Waals surface area contributed by atoms with E-state index in [0.717, 1.165) is 23.4 Å². The lowest BCUT2D eigenvalue weighted by Gasteiger charge is -2.32. The van der Waals surface area contributed by atoms with Gasteiger partial charge in [0.1, 0.15) is 0 Å². The predicted molar refractivity (Wildman–Crippen MR) is 74.2 cm³/mol. The Labute approximate surface area is 104 Å². The number of aliphatic hydroxyl groups is 1. The van der Waals surface area contributed by atoms with Crippen LogP contribution in [0.2, 0.25) is 0 Å². The molecule has 4 N–H and O–H groups in total. The van der Waals surface area contributed by atoms with Crippen LogP contribution >= 0.6 is 0 Å². The number of nitrogens with two attached hydrogens (primary N) is 1. The van der Waals surface area contributed by atoms with Crippen molar-refractivity contribution < 1.29 is 5.11 Å². The van der Waals surface area contributed by atoms with Crippen LogP contribution in [0, 0.1) is 12.3 Å². The Morgan fingerprint density at radius 2 is 2.00 bits per heavy atom. The van der Waals surface area contributed by atoms with E-state index in [1.54, 1.807) is 0 Å². The first-order chi connectivity index (χ1) is 7.86. The summed E-state index contributed by atoms with van der Waals surface area (Å²) in [6, 6.07) is 6.18. The number of nitrogen functional groups attached to an aromatic ring is 1. The first-order valence-corrected chi connectivity index (χ1v) is 6.08. The van der Waals surface area contributed by atoms with Crippen LogP contribution in [0.3, 0.4) is 0 Å². The molecule has 0 aliphatic rings. The van der Waals surface area contributed by atoms with Crippen molar-refractivity contribution in [2.45, 2.75) is 40.2 Å². The number of benzene rings is 1. The van der Waals surface area contributed by atoms with Gasteiger partial charge in [0.2, 0.25) is 0 Å². The largest absolute Gasteiger partial charge is 0.397 e. The van der Waals surface area contributed by atoms with E-state index in [2.05, 4.69) is 26.1 Å². The van der Waals surface area contributed by atoms with Gasteiger partial charge in [-0.2, -0.15) is 0 Å². The first-order valence-electron chi connectivity index (χ1n) is 6.08. The van der Waals surface area contributed by atoms with E-state index in [4.69, 9.17) is 10.8 Å². The molecule has 0 saturated heterocycles. The van der Waals surface area contributed by atoms with Gasteiger partial charge < -0.3 is 16.2 Å². The van der Waals surface area contributed by atoms with Gasteiger partial charge in [0.15, 0.2) is 0 Å². The maximum absolute atomic E-state index is 9.13. The summed E-state index contributed by atoms with van der Waals surface area (Å²) >= 11 is 0. The molecule has 17 heavy (non-hydrogen) atoms. The van der Waals surface area contributed by atoms with Gasteiger partial charge in [-0.1, -0.05) is 32.9 Å². The molecule has 0 spiro atoms. The van der Waals surface area contributed by atoms with Gasteiger partial charge in [0.05, 0.1) is 11.4 Å². The van der Waals surface area contributed by atoms with E-state index >= 15 is 0 Å². The zero-order chi connectivity index (χ0) is 13.1. The molecule has 1 unspecified atom stereocenters. The molecule has 3 heteroatoms. The Bertz CT molecular complexity index is 369. The number of hydrogen-bond acceptors (Lipinski definition) is 3. The van der Waals surface area contributed by atoms with Crippen LogP contribution in [0.15, 0.2) is 18.2 Å². The molecule has 96 valence electrons. The van der Waals surface area contributed by atoms with Crippen LogP contribution in [0.5, 0.6) is 0 Å². The highest BCUT2D eigenvalue weighted by Gasteiger charge is 2.24. The molecule has 1 atom stereocenters. The summed E-state index contributed by atoms with van der Waals surface area (Å²) in [6.45, 7) is 8.66. The third-order valence-electron chi connectivity index (χ3n) is 3.12. The van der Waals surface area contributed by atoms with Gasteiger partial charge in [-0.05, 0) is 30.4 Å². The number of aryl methyl sites for hydroxylation is 1. The number of nitrogens with one attached hydrogen (secondary N) is 1. The zero-order valence-corrected chi connectivity index (χ0v) is 11.2. The molecular weight excluding hydrogens is 212 g/mol. The number of hydrogen-bond donors (Lipinski definition) is 3. The molecule has 0 heterocycles. The van der Waals surface area contributed by atoms with Crippen LogP contribution in [0.25, 0.3) is 0 Å². The van der Waals surface area contributed by atoms with E-state index in [1.165, 1.54) is 0 Å². The van der Waals surface area contributed by atoms with Gasteiger partial charge in [-0.3, -0.25) is 0 Å². The molecule has 1 aromatic carbocycles.